The number of alkyl halides is 3. The lowest BCUT2D eigenvalue weighted by Gasteiger charge is -2.29. The number of halogens is 3. The first-order valence-electron chi connectivity index (χ1n) is 7.91. The normalized spacial score (nSPS) is 19.2. The molecule has 1 heterocycles. The van der Waals surface area contributed by atoms with E-state index in [2.05, 4.69) is 5.43 Å². The SMILES string of the molecule is COc1ccccc1CCCC(N1CC(C)(C)C(=O)N1)C(F)(F)F. The standard InChI is InChI=1S/C17H23F3N2O2/c1-16(2)11-22(21-15(16)23)14(17(18,19)20)10-6-8-12-7-4-5-9-13(12)24-3/h4-5,7,9,14H,6,8,10-11H2,1-3H3,(H,21,23). The van der Waals surface area contributed by atoms with Gasteiger partial charge in [0, 0.05) is 6.54 Å². The van der Waals surface area contributed by atoms with Gasteiger partial charge in [-0.05, 0) is 44.7 Å². The molecule has 1 saturated heterocycles. The third kappa shape index (κ3) is 4.20. The average Bonchev–Trinajstić information content (AvgIpc) is 2.76. The van der Waals surface area contributed by atoms with Gasteiger partial charge >= 0.3 is 6.18 Å². The number of ether oxygens (including phenoxy) is 1. The van der Waals surface area contributed by atoms with E-state index in [1.165, 1.54) is 0 Å². The molecule has 1 aliphatic rings. The summed E-state index contributed by atoms with van der Waals surface area (Å²) in [6.45, 7) is 3.33. The first kappa shape index (κ1) is 18.6. The van der Waals surface area contributed by atoms with Crippen LogP contribution in [0.2, 0.25) is 0 Å². The molecule has 1 aromatic rings. The van der Waals surface area contributed by atoms with Gasteiger partial charge in [-0.15, -0.1) is 0 Å². The number of methoxy groups -OCH3 is 1. The maximum absolute atomic E-state index is 13.4. The molecule has 24 heavy (non-hydrogen) atoms. The summed E-state index contributed by atoms with van der Waals surface area (Å²) in [4.78, 5) is 11.8. The molecule has 0 radical (unpaired) electrons. The first-order chi connectivity index (χ1) is 11.1. The minimum absolute atomic E-state index is 0.0463. The molecule has 1 unspecified atom stereocenters. The summed E-state index contributed by atoms with van der Waals surface area (Å²) in [5, 5.41) is 1.03. The Morgan fingerprint density at radius 1 is 1.33 bits per heavy atom. The predicted molar refractivity (Wildman–Crippen MR) is 84.4 cm³/mol. The topological polar surface area (TPSA) is 41.6 Å². The van der Waals surface area contributed by atoms with Crippen molar-refractivity contribution in [3.8, 4) is 5.75 Å². The van der Waals surface area contributed by atoms with Crippen molar-refractivity contribution in [2.75, 3.05) is 13.7 Å². The van der Waals surface area contributed by atoms with Crippen molar-refractivity contribution in [3.05, 3.63) is 29.8 Å². The highest BCUT2D eigenvalue weighted by Gasteiger charge is 2.49. The highest BCUT2D eigenvalue weighted by atomic mass is 19.4. The van der Waals surface area contributed by atoms with Crippen LogP contribution in [0.5, 0.6) is 5.75 Å². The molecule has 4 nitrogen and oxygen atoms in total. The Morgan fingerprint density at radius 3 is 2.54 bits per heavy atom. The van der Waals surface area contributed by atoms with Crippen LogP contribution in [-0.2, 0) is 11.2 Å². The molecule has 2 rings (SSSR count). The number of benzene rings is 1. The van der Waals surface area contributed by atoms with Gasteiger partial charge in [-0.1, -0.05) is 18.2 Å². The van der Waals surface area contributed by atoms with Crippen molar-refractivity contribution in [3.63, 3.8) is 0 Å². The molecule has 1 fully saturated rings. The zero-order valence-electron chi connectivity index (χ0n) is 14.1. The van der Waals surface area contributed by atoms with Gasteiger partial charge in [-0.25, -0.2) is 5.01 Å². The van der Waals surface area contributed by atoms with Gasteiger partial charge < -0.3 is 4.74 Å². The average molecular weight is 344 g/mol. The fourth-order valence-electron chi connectivity index (χ4n) is 2.90. The number of nitrogens with one attached hydrogen (secondary N) is 1. The Bertz CT molecular complexity index is 587. The maximum atomic E-state index is 13.4. The van der Waals surface area contributed by atoms with Crippen LogP contribution >= 0.6 is 0 Å². The van der Waals surface area contributed by atoms with Crippen LogP contribution in [0.3, 0.4) is 0 Å². The summed E-state index contributed by atoms with van der Waals surface area (Å²) >= 11 is 0. The summed E-state index contributed by atoms with van der Waals surface area (Å²) in [6, 6.07) is 5.62. The second kappa shape index (κ2) is 7.01. The van der Waals surface area contributed by atoms with E-state index in [0.717, 1.165) is 10.6 Å². The Kier molecular flexibility index (Phi) is 5.42. The van der Waals surface area contributed by atoms with E-state index in [1.54, 1.807) is 27.0 Å². The number of hydrogen-bond acceptors (Lipinski definition) is 3. The zero-order valence-corrected chi connectivity index (χ0v) is 14.1. The smallest absolute Gasteiger partial charge is 0.405 e. The van der Waals surface area contributed by atoms with Gasteiger partial charge in [0.05, 0.1) is 12.5 Å². The van der Waals surface area contributed by atoms with E-state index in [0.29, 0.717) is 18.6 Å². The number of nitrogens with zero attached hydrogens (tertiary/aromatic N) is 1. The van der Waals surface area contributed by atoms with E-state index in [1.807, 2.05) is 18.2 Å². The van der Waals surface area contributed by atoms with Gasteiger partial charge in [0.15, 0.2) is 0 Å². The number of para-hydroxylation sites is 1. The number of hydrogen-bond donors (Lipinski definition) is 1. The third-order valence-corrected chi connectivity index (χ3v) is 4.30. The molecule has 0 bridgehead atoms. The number of carbonyl (C=O) groups excluding carboxylic acids is 1. The van der Waals surface area contributed by atoms with Gasteiger partial charge in [-0.2, -0.15) is 13.2 Å². The minimum Gasteiger partial charge on any atom is -0.496 e. The highest BCUT2D eigenvalue weighted by molar-refractivity contribution is 5.83. The number of amides is 1. The molecule has 0 aromatic heterocycles. The van der Waals surface area contributed by atoms with Gasteiger partial charge in [0.25, 0.3) is 0 Å². The number of aryl methyl sites for hydroxylation is 1. The van der Waals surface area contributed by atoms with Gasteiger partial charge in [0.2, 0.25) is 5.91 Å². The molecular weight excluding hydrogens is 321 g/mol. The molecule has 0 spiro atoms. The molecule has 1 aromatic carbocycles. The molecule has 1 N–H and O–H groups in total. The van der Waals surface area contributed by atoms with Crippen LogP contribution in [0.1, 0.15) is 32.3 Å². The largest absolute Gasteiger partial charge is 0.496 e. The molecule has 1 atom stereocenters. The van der Waals surface area contributed by atoms with Crippen LogP contribution in [0.4, 0.5) is 13.2 Å². The molecule has 0 aliphatic carbocycles. The monoisotopic (exact) mass is 344 g/mol. The Balaban J connectivity index is 2.02. The highest BCUT2D eigenvalue weighted by Crippen LogP contribution is 2.33. The van der Waals surface area contributed by atoms with Gasteiger partial charge in [-0.3, -0.25) is 10.2 Å². The Labute approximate surface area is 139 Å². The van der Waals surface area contributed by atoms with E-state index in [4.69, 9.17) is 4.74 Å². The molecule has 7 heteroatoms. The van der Waals surface area contributed by atoms with E-state index >= 15 is 0 Å². The lowest BCUT2D eigenvalue weighted by Crippen LogP contribution is -2.50. The maximum Gasteiger partial charge on any atom is 0.405 e. The second-order valence-electron chi connectivity index (χ2n) is 6.71. The van der Waals surface area contributed by atoms with Crippen LogP contribution in [0.15, 0.2) is 24.3 Å². The summed E-state index contributed by atoms with van der Waals surface area (Å²) < 4.78 is 45.4. The van der Waals surface area contributed by atoms with E-state index in [9.17, 15) is 18.0 Å². The summed E-state index contributed by atoms with van der Waals surface area (Å²) in [7, 11) is 1.54. The third-order valence-electron chi connectivity index (χ3n) is 4.30. The van der Waals surface area contributed by atoms with Crippen molar-refractivity contribution >= 4 is 5.91 Å². The molecule has 0 saturated carbocycles. The quantitative estimate of drug-likeness (QED) is 0.861. The minimum atomic E-state index is -4.39. The van der Waals surface area contributed by atoms with E-state index in [-0.39, 0.29) is 18.9 Å². The second-order valence-corrected chi connectivity index (χ2v) is 6.71. The number of hydrazine groups is 1. The molecule has 1 amide bonds. The molecule has 134 valence electrons. The zero-order chi connectivity index (χ0) is 18.0. The van der Waals surface area contributed by atoms with Crippen LogP contribution in [0.25, 0.3) is 0 Å². The van der Waals surface area contributed by atoms with Crippen LogP contribution < -0.4 is 10.2 Å². The summed E-state index contributed by atoms with van der Waals surface area (Å²) in [5.74, 6) is 0.304. The predicted octanol–water partition coefficient (Wildman–Crippen LogP) is 3.32. The number of rotatable bonds is 6. The Hall–Kier alpha value is -1.76. The fourth-order valence-corrected chi connectivity index (χ4v) is 2.90. The van der Waals surface area contributed by atoms with E-state index < -0.39 is 17.6 Å². The summed E-state index contributed by atoms with van der Waals surface area (Å²) in [5.41, 5.74) is 2.44. The van der Waals surface area contributed by atoms with Crippen molar-refractivity contribution in [2.45, 2.75) is 45.3 Å². The number of carbonyl (C=O) groups is 1. The molecule has 1 aliphatic heterocycles. The van der Waals surface area contributed by atoms with Crippen molar-refractivity contribution < 1.29 is 22.7 Å². The van der Waals surface area contributed by atoms with Crippen molar-refractivity contribution in [1.29, 1.82) is 0 Å². The van der Waals surface area contributed by atoms with Gasteiger partial charge in [0.1, 0.15) is 11.8 Å². The fraction of sp³-hybridized carbons (Fsp3) is 0.588. The molecular formula is C17H23F3N2O2. The van der Waals surface area contributed by atoms with Crippen LogP contribution in [0, 0.1) is 5.41 Å². The lowest BCUT2D eigenvalue weighted by atomic mass is 9.94. The van der Waals surface area contributed by atoms with Crippen molar-refractivity contribution in [1.82, 2.24) is 10.4 Å². The lowest BCUT2D eigenvalue weighted by molar-refractivity contribution is -0.190. The Morgan fingerprint density at radius 2 is 2.00 bits per heavy atom. The van der Waals surface area contributed by atoms with Crippen molar-refractivity contribution in [2.24, 2.45) is 5.41 Å². The van der Waals surface area contributed by atoms with Crippen LogP contribution in [-0.4, -0.2) is 36.8 Å². The summed E-state index contributed by atoms with van der Waals surface area (Å²) in [6.07, 6.45) is -3.65. The first-order valence-corrected chi connectivity index (χ1v) is 7.91.